The number of carbonyl (C=O) groups excluding carboxylic acids is 1. The first-order valence-electron chi connectivity index (χ1n) is 8.53. The van der Waals surface area contributed by atoms with E-state index in [0.29, 0.717) is 5.92 Å². The van der Waals surface area contributed by atoms with Crippen molar-refractivity contribution < 1.29 is 9.21 Å². The smallest absolute Gasteiger partial charge is 0.321 e. The highest BCUT2D eigenvalue weighted by molar-refractivity contribution is 5.90. The molecule has 0 radical (unpaired) electrons. The van der Waals surface area contributed by atoms with Gasteiger partial charge >= 0.3 is 6.03 Å². The summed E-state index contributed by atoms with van der Waals surface area (Å²) in [6, 6.07) is 11.9. The van der Waals surface area contributed by atoms with Crippen molar-refractivity contribution in [1.29, 1.82) is 0 Å². The number of piperazine rings is 1. The number of benzene rings is 1. The lowest BCUT2D eigenvalue weighted by atomic mass is 10.0. The topological polar surface area (TPSA) is 48.7 Å². The van der Waals surface area contributed by atoms with Gasteiger partial charge < -0.3 is 14.6 Å². The minimum absolute atomic E-state index is 0.0132. The molecule has 1 aliphatic rings. The number of amides is 2. The molecule has 1 N–H and O–H groups in total. The van der Waals surface area contributed by atoms with Crippen LogP contribution in [0.2, 0.25) is 0 Å². The molecule has 24 heavy (non-hydrogen) atoms. The highest BCUT2D eigenvalue weighted by Crippen LogP contribution is 2.24. The number of urea groups is 1. The van der Waals surface area contributed by atoms with Crippen LogP contribution in [0, 0.1) is 0 Å². The van der Waals surface area contributed by atoms with Crippen LogP contribution >= 0.6 is 0 Å². The number of rotatable bonds is 4. The molecule has 0 unspecified atom stereocenters. The minimum atomic E-state index is -0.0132. The van der Waals surface area contributed by atoms with Crippen LogP contribution in [0.4, 0.5) is 10.5 Å². The summed E-state index contributed by atoms with van der Waals surface area (Å²) in [7, 11) is 0. The van der Waals surface area contributed by atoms with Gasteiger partial charge in [-0.1, -0.05) is 32.0 Å². The summed E-state index contributed by atoms with van der Waals surface area (Å²) in [6.07, 6.45) is 1.70. The molecule has 0 bridgehead atoms. The third kappa shape index (κ3) is 3.97. The number of hydrogen-bond acceptors (Lipinski definition) is 3. The second kappa shape index (κ2) is 7.53. The molecular weight excluding hydrogens is 302 g/mol. The van der Waals surface area contributed by atoms with Gasteiger partial charge in [-0.15, -0.1) is 0 Å². The second-order valence-corrected chi connectivity index (χ2v) is 6.51. The summed E-state index contributed by atoms with van der Waals surface area (Å²) in [5.41, 5.74) is 2.08. The van der Waals surface area contributed by atoms with Gasteiger partial charge in [0.05, 0.1) is 12.8 Å². The number of anilines is 1. The Hall–Kier alpha value is -2.27. The van der Waals surface area contributed by atoms with Gasteiger partial charge in [-0.3, -0.25) is 4.90 Å². The normalized spacial score (nSPS) is 15.7. The van der Waals surface area contributed by atoms with Crippen molar-refractivity contribution >= 4 is 11.7 Å². The largest absolute Gasteiger partial charge is 0.468 e. The molecule has 2 heterocycles. The van der Waals surface area contributed by atoms with E-state index in [9.17, 15) is 4.79 Å². The fraction of sp³-hybridized carbons (Fsp3) is 0.421. The van der Waals surface area contributed by atoms with E-state index in [2.05, 4.69) is 30.1 Å². The van der Waals surface area contributed by atoms with Crippen molar-refractivity contribution in [1.82, 2.24) is 9.80 Å². The lowest BCUT2D eigenvalue weighted by Crippen LogP contribution is -2.49. The molecule has 1 aromatic heterocycles. The van der Waals surface area contributed by atoms with Crippen molar-refractivity contribution in [3.05, 3.63) is 54.0 Å². The van der Waals surface area contributed by atoms with Crippen molar-refractivity contribution in [2.24, 2.45) is 0 Å². The zero-order chi connectivity index (χ0) is 16.9. The highest BCUT2D eigenvalue weighted by Gasteiger charge is 2.22. The monoisotopic (exact) mass is 327 g/mol. The first-order chi connectivity index (χ1) is 11.6. The first kappa shape index (κ1) is 16.6. The molecule has 128 valence electrons. The van der Waals surface area contributed by atoms with Gasteiger partial charge in [0, 0.05) is 31.9 Å². The number of carbonyl (C=O) groups is 1. The molecule has 2 aromatic rings. The quantitative estimate of drug-likeness (QED) is 0.930. The summed E-state index contributed by atoms with van der Waals surface area (Å²) in [5.74, 6) is 1.35. The molecule has 3 rings (SSSR count). The van der Waals surface area contributed by atoms with Crippen LogP contribution in [-0.4, -0.2) is 42.0 Å². The maximum absolute atomic E-state index is 12.5. The third-order valence-electron chi connectivity index (χ3n) is 4.44. The average molecular weight is 327 g/mol. The molecule has 0 spiro atoms. The standard InChI is InChI=1S/C19H25N3O2/c1-15(2)17-7-3-4-8-18(17)20-19(23)22-11-9-21(10-12-22)14-16-6-5-13-24-16/h3-8,13,15H,9-12,14H2,1-2H3,(H,20,23). The number of hydrogen-bond donors (Lipinski definition) is 1. The van der Waals surface area contributed by atoms with E-state index in [4.69, 9.17) is 4.42 Å². The second-order valence-electron chi connectivity index (χ2n) is 6.51. The molecule has 0 atom stereocenters. The van der Waals surface area contributed by atoms with E-state index >= 15 is 0 Å². The Bertz CT molecular complexity index is 659. The van der Waals surface area contributed by atoms with E-state index < -0.39 is 0 Å². The lowest BCUT2D eigenvalue weighted by Gasteiger charge is -2.34. The number of furan rings is 1. The van der Waals surface area contributed by atoms with Gasteiger partial charge in [-0.05, 0) is 29.7 Å². The Morgan fingerprint density at radius 2 is 1.88 bits per heavy atom. The summed E-state index contributed by atoms with van der Waals surface area (Å²) >= 11 is 0. The van der Waals surface area contributed by atoms with Gasteiger partial charge in [-0.25, -0.2) is 4.79 Å². The van der Waals surface area contributed by atoms with Crippen LogP contribution in [0.5, 0.6) is 0 Å². The van der Waals surface area contributed by atoms with E-state index in [1.54, 1.807) is 6.26 Å². The molecule has 0 saturated carbocycles. The number of nitrogens with zero attached hydrogens (tertiary/aromatic N) is 2. The number of para-hydroxylation sites is 1. The van der Waals surface area contributed by atoms with Gasteiger partial charge in [0.2, 0.25) is 0 Å². The minimum Gasteiger partial charge on any atom is -0.468 e. The van der Waals surface area contributed by atoms with Crippen LogP contribution < -0.4 is 5.32 Å². The maximum atomic E-state index is 12.5. The highest BCUT2D eigenvalue weighted by atomic mass is 16.3. The van der Waals surface area contributed by atoms with Crippen LogP contribution in [-0.2, 0) is 6.54 Å². The zero-order valence-electron chi connectivity index (χ0n) is 14.4. The van der Waals surface area contributed by atoms with Crippen molar-refractivity contribution in [2.45, 2.75) is 26.3 Å². The summed E-state index contributed by atoms with van der Waals surface area (Å²) in [6.45, 7) is 8.27. The van der Waals surface area contributed by atoms with Crippen LogP contribution in [0.3, 0.4) is 0 Å². The van der Waals surface area contributed by atoms with Crippen molar-refractivity contribution in [3.63, 3.8) is 0 Å². The van der Waals surface area contributed by atoms with E-state index in [1.807, 2.05) is 35.2 Å². The van der Waals surface area contributed by atoms with E-state index in [1.165, 1.54) is 5.56 Å². The molecular formula is C19H25N3O2. The van der Waals surface area contributed by atoms with Crippen LogP contribution in [0.1, 0.15) is 31.1 Å². The lowest BCUT2D eigenvalue weighted by molar-refractivity contribution is 0.137. The van der Waals surface area contributed by atoms with Gasteiger partial charge in [0.1, 0.15) is 5.76 Å². The summed E-state index contributed by atoms with van der Waals surface area (Å²) < 4.78 is 5.39. The van der Waals surface area contributed by atoms with E-state index in [-0.39, 0.29) is 6.03 Å². The maximum Gasteiger partial charge on any atom is 0.321 e. The van der Waals surface area contributed by atoms with Gasteiger partial charge in [0.15, 0.2) is 0 Å². The predicted octanol–water partition coefficient (Wildman–Crippen LogP) is 3.75. The van der Waals surface area contributed by atoms with Crippen molar-refractivity contribution in [3.8, 4) is 0 Å². The van der Waals surface area contributed by atoms with Gasteiger partial charge in [0.25, 0.3) is 0 Å². The van der Waals surface area contributed by atoms with Gasteiger partial charge in [-0.2, -0.15) is 0 Å². The molecule has 2 amide bonds. The molecule has 5 nitrogen and oxygen atoms in total. The fourth-order valence-corrected chi connectivity index (χ4v) is 3.04. The van der Waals surface area contributed by atoms with Crippen molar-refractivity contribution in [2.75, 3.05) is 31.5 Å². The Balaban J connectivity index is 1.54. The SMILES string of the molecule is CC(C)c1ccccc1NC(=O)N1CCN(Cc2ccco2)CC1. The average Bonchev–Trinajstić information content (AvgIpc) is 3.09. The molecule has 0 aliphatic carbocycles. The zero-order valence-corrected chi connectivity index (χ0v) is 14.4. The summed E-state index contributed by atoms with van der Waals surface area (Å²) in [5, 5.41) is 3.07. The predicted molar refractivity (Wildman–Crippen MR) is 95.1 cm³/mol. The van der Waals surface area contributed by atoms with E-state index in [0.717, 1.165) is 44.2 Å². The third-order valence-corrected chi connectivity index (χ3v) is 4.44. The van der Waals surface area contributed by atoms with Crippen LogP contribution in [0.25, 0.3) is 0 Å². The first-order valence-corrected chi connectivity index (χ1v) is 8.53. The Morgan fingerprint density at radius 3 is 2.54 bits per heavy atom. The Kier molecular flexibility index (Phi) is 5.20. The Labute approximate surface area is 143 Å². The molecule has 1 aromatic carbocycles. The molecule has 1 saturated heterocycles. The summed E-state index contributed by atoms with van der Waals surface area (Å²) in [4.78, 5) is 16.7. The fourth-order valence-electron chi connectivity index (χ4n) is 3.04. The Morgan fingerprint density at radius 1 is 1.12 bits per heavy atom. The van der Waals surface area contributed by atoms with Crippen LogP contribution in [0.15, 0.2) is 47.1 Å². The molecule has 1 aliphatic heterocycles. The number of nitrogens with one attached hydrogen (secondary N) is 1. The molecule has 5 heteroatoms. The molecule has 1 fully saturated rings.